The number of hydrogen-bond donors (Lipinski definition) is 1. The lowest BCUT2D eigenvalue weighted by Gasteiger charge is -2.16. The lowest BCUT2D eigenvalue weighted by molar-refractivity contribution is 0.547. The molecule has 2 rings (SSSR count). The van der Waals surface area contributed by atoms with Gasteiger partial charge < -0.3 is 5.32 Å². The van der Waals surface area contributed by atoms with Gasteiger partial charge in [-0.05, 0) is 37.1 Å². The predicted molar refractivity (Wildman–Crippen MR) is 84.1 cm³/mol. The molecule has 0 bridgehead atoms. The van der Waals surface area contributed by atoms with Crippen LogP contribution in [0, 0.1) is 0 Å². The molecule has 1 N–H and O–H groups in total. The number of nitrogens with one attached hydrogen (secondary N) is 1. The summed E-state index contributed by atoms with van der Waals surface area (Å²) in [5.41, 5.74) is 2.48. The lowest BCUT2D eigenvalue weighted by Crippen LogP contribution is -2.22. The Kier molecular flexibility index (Phi) is 5.62. The second-order valence-electron chi connectivity index (χ2n) is 4.98. The van der Waals surface area contributed by atoms with Crippen molar-refractivity contribution in [2.24, 2.45) is 0 Å². The van der Waals surface area contributed by atoms with Gasteiger partial charge in [0.05, 0.1) is 6.20 Å². The second-order valence-corrected chi connectivity index (χ2v) is 5.42. The van der Waals surface area contributed by atoms with Gasteiger partial charge in [0.2, 0.25) is 0 Å². The molecule has 0 aliphatic rings. The standard InChI is InChI=1S/C16H22ClN3/c1-3-8-20-12-14(11-19-20)16(18-4-2)10-13-6-5-7-15(17)9-13/h5-7,9,11-12,16,18H,3-4,8,10H2,1-2H3. The second kappa shape index (κ2) is 7.46. The van der Waals surface area contributed by atoms with Gasteiger partial charge in [0.15, 0.2) is 0 Å². The maximum absolute atomic E-state index is 6.06. The van der Waals surface area contributed by atoms with Crippen LogP contribution in [0.3, 0.4) is 0 Å². The number of nitrogens with zero attached hydrogens (tertiary/aromatic N) is 2. The summed E-state index contributed by atoms with van der Waals surface area (Å²) in [5, 5.41) is 8.74. The Morgan fingerprint density at radius 2 is 2.20 bits per heavy atom. The third-order valence-electron chi connectivity index (χ3n) is 3.29. The van der Waals surface area contributed by atoms with E-state index < -0.39 is 0 Å². The molecule has 0 amide bonds. The van der Waals surface area contributed by atoms with Crippen molar-refractivity contribution >= 4 is 11.6 Å². The minimum atomic E-state index is 0.282. The van der Waals surface area contributed by atoms with Crippen molar-refractivity contribution in [1.82, 2.24) is 15.1 Å². The molecule has 4 heteroatoms. The summed E-state index contributed by atoms with van der Waals surface area (Å²) in [6.07, 6.45) is 6.13. The van der Waals surface area contributed by atoms with Gasteiger partial charge in [0.1, 0.15) is 0 Å². The van der Waals surface area contributed by atoms with E-state index in [0.29, 0.717) is 0 Å². The van der Waals surface area contributed by atoms with Gasteiger partial charge in [-0.1, -0.05) is 37.6 Å². The van der Waals surface area contributed by atoms with Crippen LogP contribution in [0.5, 0.6) is 0 Å². The molecule has 0 saturated carbocycles. The van der Waals surface area contributed by atoms with Crippen LogP contribution < -0.4 is 5.32 Å². The Labute approximate surface area is 126 Å². The van der Waals surface area contributed by atoms with Crippen LogP contribution in [0.4, 0.5) is 0 Å². The molecule has 1 unspecified atom stereocenters. The molecule has 108 valence electrons. The van der Waals surface area contributed by atoms with Gasteiger partial charge in [-0.15, -0.1) is 0 Å². The summed E-state index contributed by atoms with van der Waals surface area (Å²) in [5.74, 6) is 0. The highest BCUT2D eigenvalue weighted by molar-refractivity contribution is 6.30. The van der Waals surface area contributed by atoms with Crippen LogP contribution in [0.1, 0.15) is 37.4 Å². The number of hydrogen-bond acceptors (Lipinski definition) is 2. The molecule has 1 atom stereocenters. The number of aryl methyl sites for hydroxylation is 1. The first-order valence-electron chi connectivity index (χ1n) is 7.23. The number of benzene rings is 1. The molecule has 1 heterocycles. The molecule has 2 aromatic rings. The number of halogens is 1. The molecule has 3 nitrogen and oxygen atoms in total. The van der Waals surface area contributed by atoms with Crippen LogP contribution in [-0.4, -0.2) is 16.3 Å². The van der Waals surface area contributed by atoms with E-state index in [2.05, 4.69) is 36.5 Å². The summed E-state index contributed by atoms with van der Waals surface area (Å²) < 4.78 is 2.01. The molecule has 1 aromatic heterocycles. The monoisotopic (exact) mass is 291 g/mol. The van der Waals surface area contributed by atoms with Crippen LogP contribution in [-0.2, 0) is 13.0 Å². The van der Waals surface area contributed by atoms with Gasteiger partial charge in [0, 0.05) is 29.4 Å². The van der Waals surface area contributed by atoms with E-state index in [4.69, 9.17) is 11.6 Å². The van der Waals surface area contributed by atoms with Crippen LogP contribution in [0.15, 0.2) is 36.7 Å². The number of likely N-dealkylation sites (N-methyl/N-ethyl adjacent to an activating group) is 1. The van der Waals surface area contributed by atoms with Gasteiger partial charge in [0.25, 0.3) is 0 Å². The quantitative estimate of drug-likeness (QED) is 0.840. The predicted octanol–water partition coefficient (Wildman–Crippen LogP) is 3.84. The van der Waals surface area contributed by atoms with Crippen molar-refractivity contribution in [1.29, 1.82) is 0 Å². The summed E-state index contributed by atoms with van der Waals surface area (Å²) >= 11 is 6.06. The third-order valence-corrected chi connectivity index (χ3v) is 3.52. The molecular formula is C16H22ClN3. The Balaban J connectivity index is 2.13. The molecule has 0 aliphatic heterocycles. The van der Waals surface area contributed by atoms with Gasteiger partial charge in [-0.2, -0.15) is 5.10 Å². The average Bonchev–Trinajstić information content (AvgIpc) is 2.87. The van der Waals surface area contributed by atoms with Crippen LogP contribution >= 0.6 is 11.6 Å². The Bertz CT molecular complexity index is 536. The first-order valence-corrected chi connectivity index (χ1v) is 7.61. The van der Waals surface area contributed by atoms with Crippen molar-refractivity contribution in [2.45, 2.75) is 39.3 Å². The summed E-state index contributed by atoms with van der Waals surface area (Å²) in [6.45, 7) is 6.19. The zero-order valence-corrected chi connectivity index (χ0v) is 12.9. The Morgan fingerprint density at radius 1 is 1.35 bits per heavy atom. The maximum atomic E-state index is 6.06. The van der Waals surface area contributed by atoms with E-state index in [9.17, 15) is 0 Å². The minimum absolute atomic E-state index is 0.282. The van der Waals surface area contributed by atoms with Crippen molar-refractivity contribution in [3.05, 3.63) is 52.8 Å². The first kappa shape index (κ1) is 15.1. The van der Waals surface area contributed by atoms with E-state index >= 15 is 0 Å². The van der Waals surface area contributed by atoms with Crippen LogP contribution in [0.2, 0.25) is 5.02 Å². The molecule has 0 saturated heterocycles. The zero-order valence-electron chi connectivity index (χ0n) is 12.1. The lowest BCUT2D eigenvalue weighted by atomic mass is 10.0. The SMILES string of the molecule is CCCn1cc(C(Cc2cccc(Cl)c2)NCC)cn1. The van der Waals surface area contributed by atoms with Crippen molar-refractivity contribution in [3.8, 4) is 0 Å². The molecule has 0 aliphatic carbocycles. The fraction of sp³-hybridized carbons (Fsp3) is 0.438. The molecule has 0 radical (unpaired) electrons. The highest BCUT2D eigenvalue weighted by Crippen LogP contribution is 2.20. The normalized spacial score (nSPS) is 12.6. The molecule has 0 spiro atoms. The van der Waals surface area contributed by atoms with E-state index in [0.717, 1.165) is 31.0 Å². The smallest absolute Gasteiger partial charge is 0.0537 e. The fourth-order valence-corrected chi connectivity index (χ4v) is 2.58. The Hall–Kier alpha value is -1.32. The molecular weight excluding hydrogens is 270 g/mol. The maximum Gasteiger partial charge on any atom is 0.0537 e. The topological polar surface area (TPSA) is 29.9 Å². The molecule has 20 heavy (non-hydrogen) atoms. The van der Waals surface area contributed by atoms with E-state index in [-0.39, 0.29) is 6.04 Å². The molecule has 0 fully saturated rings. The van der Waals surface area contributed by atoms with E-state index in [1.807, 2.05) is 29.1 Å². The number of aromatic nitrogens is 2. The zero-order chi connectivity index (χ0) is 14.4. The van der Waals surface area contributed by atoms with E-state index in [1.54, 1.807) is 0 Å². The van der Waals surface area contributed by atoms with Crippen molar-refractivity contribution < 1.29 is 0 Å². The van der Waals surface area contributed by atoms with Crippen LogP contribution in [0.25, 0.3) is 0 Å². The third kappa shape index (κ3) is 4.09. The molecule has 1 aromatic carbocycles. The summed E-state index contributed by atoms with van der Waals surface area (Å²) in [7, 11) is 0. The first-order chi connectivity index (χ1) is 9.72. The van der Waals surface area contributed by atoms with Gasteiger partial charge >= 0.3 is 0 Å². The highest BCUT2D eigenvalue weighted by atomic mass is 35.5. The minimum Gasteiger partial charge on any atom is -0.310 e. The summed E-state index contributed by atoms with van der Waals surface area (Å²) in [6, 6.07) is 8.34. The number of rotatable bonds is 7. The average molecular weight is 292 g/mol. The van der Waals surface area contributed by atoms with Gasteiger partial charge in [-0.3, -0.25) is 4.68 Å². The fourth-order valence-electron chi connectivity index (χ4n) is 2.36. The highest BCUT2D eigenvalue weighted by Gasteiger charge is 2.13. The Morgan fingerprint density at radius 3 is 2.90 bits per heavy atom. The largest absolute Gasteiger partial charge is 0.310 e. The summed E-state index contributed by atoms with van der Waals surface area (Å²) in [4.78, 5) is 0. The van der Waals surface area contributed by atoms with Crippen molar-refractivity contribution in [3.63, 3.8) is 0 Å². The van der Waals surface area contributed by atoms with Crippen molar-refractivity contribution in [2.75, 3.05) is 6.54 Å². The van der Waals surface area contributed by atoms with E-state index in [1.165, 1.54) is 11.1 Å². The van der Waals surface area contributed by atoms with Gasteiger partial charge in [-0.25, -0.2) is 0 Å².